The lowest BCUT2D eigenvalue weighted by Gasteiger charge is -2.24. The first-order valence-corrected chi connectivity index (χ1v) is 7.15. The van der Waals surface area contributed by atoms with Crippen molar-refractivity contribution in [3.05, 3.63) is 69.4 Å². The van der Waals surface area contributed by atoms with Crippen LogP contribution in [0.15, 0.2) is 46.9 Å². The number of benzene rings is 2. The van der Waals surface area contributed by atoms with Crippen LogP contribution in [-0.2, 0) is 19.3 Å². The second-order valence-corrected chi connectivity index (χ2v) is 6.31. The quantitative estimate of drug-likeness (QED) is 0.898. The summed E-state index contributed by atoms with van der Waals surface area (Å²) in [5.74, 6) is -0.185. The zero-order valence-electron chi connectivity index (χ0n) is 10.5. The summed E-state index contributed by atoms with van der Waals surface area (Å²) in [5.41, 5.74) is 9.39. The fraction of sp³-hybridized carbons (Fsp3) is 0.250. The number of fused-ring (bicyclic) bond motifs is 1. The summed E-state index contributed by atoms with van der Waals surface area (Å²) in [6.45, 7) is 0. The molecular formula is C16H15BrFN. The molecule has 1 aliphatic rings. The minimum Gasteiger partial charge on any atom is -0.324 e. The number of hydrogen-bond donors (Lipinski definition) is 1. The zero-order chi connectivity index (χ0) is 13.5. The lowest BCUT2D eigenvalue weighted by atomic mass is 9.89. The van der Waals surface area contributed by atoms with Gasteiger partial charge in [-0.3, -0.25) is 0 Å². The van der Waals surface area contributed by atoms with E-state index in [1.165, 1.54) is 17.2 Å². The van der Waals surface area contributed by atoms with Crippen LogP contribution in [0.3, 0.4) is 0 Å². The molecule has 2 aromatic carbocycles. The molecule has 0 radical (unpaired) electrons. The molecule has 3 rings (SSSR count). The van der Waals surface area contributed by atoms with E-state index >= 15 is 0 Å². The maximum atomic E-state index is 13.9. The summed E-state index contributed by atoms with van der Waals surface area (Å²) in [5, 5.41) is 0. The third kappa shape index (κ3) is 2.58. The van der Waals surface area contributed by atoms with E-state index in [0.29, 0.717) is 12.0 Å². The Balaban J connectivity index is 1.85. The van der Waals surface area contributed by atoms with Gasteiger partial charge < -0.3 is 5.73 Å². The van der Waals surface area contributed by atoms with Crippen molar-refractivity contribution >= 4 is 15.9 Å². The molecule has 0 aromatic heterocycles. The molecule has 3 heteroatoms. The molecule has 0 spiro atoms. The van der Waals surface area contributed by atoms with Gasteiger partial charge in [-0.15, -0.1) is 0 Å². The lowest BCUT2D eigenvalue weighted by molar-refractivity contribution is 0.436. The lowest BCUT2D eigenvalue weighted by Crippen LogP contribution is -2.43. The van der Waals surface area contributed by atoms with Crippen molar-refractivity contribution in [1.29, 1.82) is 0 Å². The molecular weight excluding hydrogens is 305 g/mol. The molecule has 0 atom stereocenters. The molecule has 0 heterocycles. The summed E-state index contributed by atoms with van der Waals surface area (Å²) in [7, 11) is 0. The third-order valence-corrected chi connectivity index (χ3v) is 4.25. The Morgan fingerprint density at radius 3 is 2.32 bits per heavy atom. The first-order valence-electron chi connectivity index (χ1n) is 6.35. The van der Waals surface area contributed by atoms with Gasteiger partial charge in [0.25, 0.3) is 0 Å². The molecule has 0 fully saturated rings. The van der Waals surface area contributed by atoms with Crippen molar-refractivity contribution in [2.24, 2.45) is 5.73 Å². The molecule has 2 N–H and O–H groups in total. The summed E-state index contributed by atoms with van der Waals surface area (Å²) in [4.78, 5) is 0. The Labute approximate surface area is 120 Å². The predicted octanol–water partition coefficient (Wildman–Crippen LogP) is 3.63. The van der Waals surface area contributed by atoms with Gasteiger partial charge in [0.05, 0.1) is 0 Å². The van der Waals surface area contributed by atoms with E-state index in [9.17, 15) is 4.39 Å². The summed E-state index contributed by atoms with van der Waals surface area (Å²) in [6.07, 6.45) is 2.21. The van der Waals surface area contributed by atoms with E-state index in [1.54, 1.807) is 0 Å². The zero-order valence-corrected chi connectivity index (χ0v) is 12.1. The molecule has 0 bridgehead atoms. The van der Waals surface area contributed by atoms with Crippen LogP contribution in [0.25, 0.3) is 0 Å². The van der Waals surface area contributed by atoms with Crippen LogP contribution in [0.5, 0.6) is 0 Å². The van der Waals surface area contributed by atoms with Gasteiger partial charge >= 0.3 is 0 Å². The van der Waals surface area contributed by atoms with Gasteiger partial charge in [-0.1, -0.05) is 46.3 Å². The van der Waals surface area contributed by atoms with Crippen LogP contribution >= 0.6 is 15.9 Å². The summed E-state index contributed by atoms with van der Waals surface area (Å²) >= 11 is 3.27. The number of nitrogens with two attached hydrogens (primary N) is 1. The molecule has 0 saturated heterocycles. The highest BCUT2D eigenvalue weighted by Crippen LogP contribution is 2.31. The summed E-state index contributed by atoms with van der Waals surface area (Å²) < 4.78 is 14.7. The molecule has 0 saturated carbocycles. The Bertz CT molecular complexity index is 599. The minimum absolute atomic E-state index is 0.185. The molecule has 0 amide bonds. The Morgan fingerprint density at radius 2 is 1.74 bits per heavy atom. The standard InChI is InChI=1S/C16H15BrFN/c17-14-6-5-13(15(18)7-14)10-16(19)8-11-3-1-2-4-12(11)9-16/h1-7H,8-10,19H2. The van der Waals surface area contributed by atoms with Crippen LogP contribution < -0.4 is 5.73 Å². The van der Waals surface area contributed by atoms with Crippen LogP contribution in [0, 0.1) is 5.82 Å². The smallest absolute Gasteiger partial charge is 0.127 e. The van der Waals surface area contributed by atoms with E-state index in [0.717, 1.165) is 17.3 Å². The Kier molecular flexibility index (Phi) is 3.19. The minimum atomic E-state index is -0.363. The highest BCUT2D eigenvalue weighted by molar-refractivity contribution is 9.10. The van der Waals surface area contributed by atoms with Gasteiger partial charge in [0, 0.05) is 10.0 Å². The second kappa shape index (κ2) is 4.73. The average Bonchev–Trinajstić information content (AvgIpc) is 2.69. The fourth-order valence-electron chi connectivity index (χ4n) is 2.89. The third-order valence-electron chi connectivity index (χ3n) is 3.76. The normalized spacial score (nSPS) is 16.4. The van der Waals surface area contributed by atoms with Crippen molar-refractivity contribution in [2.45, 2.75) is 24.8 Å². The number of hydrogen-bond acceptors (Lipinski definition) is 1. The van der Waals surface area contributed by atoms with Gasteiger partial charge in [-0.25, -0.2) is 4.39 Å². The Morgan fingerprint density at radius 1 is 1.11 bits per heavy atom. The SMILES string of the molecule is NC1(Cc2ccc(Br)cc2F)Cc2ccccc2C1. The van der Waals surface area contributed by atoms with E-state index in [4.69, 9.17) is 5.73 Å². The maximum Gasteiger partial charge on any atom is 0.127 e. The molecule has 2 aromatic rings. The van der Waals surface area contributed by atoms with Crippen molar-refractivity contribution in [1.82, 2.24) is 0 Å². The second-order valence-electron chi connectivity index (χ2n) is 5.40. The van der Waals surface area contributed by atoms with Crippen molar-refractivity contribution < 1.29 is 4.39 Å². The fourth-order valence-corrected chi connectivity index (χ4v) is 3.23. The first kappa shape index (κ1) is 12.8. The highest BCUT2D eigenvalue weighted by Gasteiger charge is 2.33. The van der Waals surface area contributed by atoms with Crippen LogP contribution in [0.1, 0.15) is 16.7 Å². The Hall–Kier alpha value is -1.19. The molecule has 0 unspecified atom stereocenters. The van der Waals surface area contributed by atoms with Gasteiger partial charge in [-0.05, 0) is 48.1 Å². The highest BCUT2D eigenvalue weighted by atomic mass is 79.9. The largest absolute Gasteiger partial charge is 0.324 e. The van der Waals surface area contributed by atoms with Gasteiger partial charge in [0.15, 0.2) is 0 Å². The summed E-state index contributed by atoms with van der Waals surface area (Å²) in [6, 6.07) is 13.5. The van der Waals surface area contributed by atoms with Gasteiger partial charge in [0.1, 0.15) is 5.82 Å². The van der Waals surface area contributed by atoms with E-state index < -0.39 is 0 Å². The van der Waals surface area contributed by atoms with Crippen LogP contribution in [0.2, 0.25) is 0 Å². The van der Waals surface area contributed by atoms with Gasteiger partial charge in [0.2, 0.25) is 0 Å². The molecule has 0 aliphatic heterocycles. The van der Waals surface area contributed by atoms with Crippen LogP contribution in [0.4, 0.5) is 4.39 Å². The molecule has 1 aliphatic carbocycles. The number of rotatable bonds is 2. The molecule has 1 nitrogen and oxygen atoms in total. The number of halogens is 2. The molecule has 19 heavy (non-hydrogen) atoms. The van der Waals surface area contributed by atoms with Crippen molar-refractivity contribution in [2.75, 3.05) is 0 Å². The van der Waals surface area contributed by atoms with Crippen molar-refractivity contribution in [3.63, 3.8) is 0 Å². The maximum absolute atomic E-state index is 13.9. The molecule has 98 valence electrons. The first-order chi connectivity index (χ1) is 9.06. The average molecular weight is 320 g/mol. The van der Waals surface area contributed by atoms with E-state index in [1.807, 2.05) is 24.3 Å². The van der Waals surface area contributed by atoms with E-state index in [-0.39, 0.29) is 11.4 Å². The monoisotopic (exact) mass is 319 g/mol. The van der Waals surface area contributed by atoms with E-state index in [2.05, 4.69) is 28.1 Å². The predicted molar refractivity (Wildman–Crippen MR) is 78.6 cm³/mol. The topological polar surface area (TPSA) is 26.0 Å². The van der Waals surface area contributed by atoms with Gasteiger partial charge in [-0.2, -0.15) is 0 Å². The van der Waals surface area contributed by atoms with Crippen molar-refractivity contribution in [3.8, 4) is 0 Å². The van der Waals surface area contributed by atoms with Crippen LogP contribution in [-0.4, -0.2) is 5.54 Å².